The van der Waals surface area contributed by atoms with Gasteiger partial charge >= 0.3 is 0 Å². The predicted octanol–water partition coefficient (Wildman–Crippen LogP) is 1.34. The summed E-state index contributed by atoms with van der Waals surface area (Å²) < 4.78 is 10.6. The predicted molar refractivity (Wildman–Crippen MR) is 47.0 cm³/mol. The average molecular weight is 181 g/mol. The zero-order chi connectivity index (χ0) is 9.15. The first-order valence-electron chi connectivity index (χ1n) is 4.94. The minimum absolute atomic E-state index is 0.144. The molecule has 2 saturated heterocycles. The first kappa shape index (κ1) is 8.98. The van der Waals surface area contributed by atoms with Crippen LogP contribution in [0.5, 0.6) is 0 Å². The van der Waals surface area contributed by atoms with Crippen LogP contribution in [0.25, 0.3) is 0 Å². The van der Waals surface area contributed by atoms with E-state index in [1.54, 1.807) is 0 Å². The molecule has 2 aliphatic heterocycles. The normalized spacial score (nSPS) is 32.7. The molecule has 2 aliphatic rings. The van der Waals surface area contributed by atoms with Crippen LogP contribution in [-0.2, 0) is 9.47 Å². The van der Waals surface area contributed by atoms with Gasteiger partial charge in [-0.3, -0.25) is 0 Å². The van der Waals surface area contributed by atoms with E-state index in [4.69, 9.17) is 9.47 Å². The van der Waals surface area contributed by atoms with Gasteiger partial charge in [0.1, 0.15) is 0 Å². The van der Waals surface area contributed by atoms with Gasteiger partial charge in [-0.05, 0) is 19.3 Å². The summed E-state index contributed by atoms with van der Waals surface area (Å²) in [6.07, 6.45) is 2.82. The molecule has 0 aliphatic carbocycles. The van der Waals surface area contributed by atoms with Gasteiger partial charge < -0.3 is 9.47 Å². The molecule has 1 unspecified atom stereocenters. The van der Waals surface area contributed by atoms with Crippen LogP contribution in [0.4, 0.5) is 0 Å². The Balaban J connectivity index is 2.08. The standard InChI is InChI=1S/C10H15NO2/c11-8-10(2-5-12-6-3-10)9-1-4-13-7-9/h9H,1-7H2. The number of rotatable bonds is 1. The van der Waals surface area contributed by atoms with Crippen molar-refractivity contribution < 1.29 is 9.47 Å². The van der Waals surface area contributed by atoms with E-state index in [0.717, 1.165) is 45.7 Å². The summed E-state index contributed by atoms with van der Waals surface area (Å²) in [6.45, 7) is 3.08. The van der Waals surface area contributed by atoms with E-state index in [2.05, 4.69) is 6.07 Å². The lowest BCUT2D eigenvalue weighted by Crippen LogP contribution is -2.35. The molecule has 0 bridgehead atoms. The van der Waals surface area contributed by atoms with Crippen LogP contribution in [0.1, 0.15) is 19.3 Å². The van der Waals surface area contributed by atoms with E-state index in [1.165, 1.54) is 0 Å². The number of hydrogen-bond acceptors (Lipinski definition) is 3. The second kappa shape index (κ2) is 3.65. The van der Waals surface area contributed by atoms with Crippen LogP contribution in [-0.4, -0.2) is 26.4 Å². The molecule has 0 aromatic heterocycles. The van der Waals surface area contributed by atoms with Crippen molar-refractivity contribution in [3.8, 4) is 6.07 Å². The summed E-state index contributed by atoms with van der Waals surface area (Å²) in [4.78, 5) is 0. The van der Waals surface area contributed by atoms with Gasteiger partial charge in [-0.2, -0.15) is 5.26 Å². The second-order valence-corrected chi connectivity index (χ2v) is 3.94. The molecular weight excluding hydrogens is 166 g/mol. The van der Waals surface area contributed by atoms with E-state index < -0.39 is 0 Å². The fourth-order valence-electron chi connectivity index (χ4n) is 2.32. The van der Waals surface area contributed by atoms with Gasteiger partial charge in [-0.25, -0.2) is 0 Å². The fourth-order valence-corrected chi connectivity index (χ4v) is 2.32. The van der Waals surface area contributed by atoms with Gasteiger partial charge in [-0.1, -0.05) is 0 Å². The quantitative estimate of drug-likeness (QED) is 0.613. The van der Waals surface area contributed by atoms with Gasteiger partial charge in [-0.15, -0.1) is 0 Å². The number of nitriles is 1. The first-order chi connectivity index (χ1) is 6.37. The molecule has 0 aromatic rings. The Morgan fingerprint density at radius 1 is 1.15 bits per heavy atom. The third-order valence-corrected chi connectivity index (χ3v) is 3.32. The highest BCUT2D eigenvalue weighted by atomic mass is 16.5. The monoisotopic (exact) mass is 181 g/mol. The minimum atomic E-state index is -0.144. The highest BCUT2D eigenvalue weighted by molar-refractivity contribution is 5.05. The van der Waals surface area contributed by atoms with Crippen molar-refractivity contribution >= 4 is 0 Å². The molecule has 0 amide bonds. The summed E-state index contributed by atoms with van der Waals surface area (Å²) in [5.74, 6) is 0.446. The Labute approximate surface area is 78.6 Å². The largest absolute Gasteiger partial charge is 0.381 e. The SMILES string of the molecule is N#CC1(C2CCOC2)CCOCC1. The van der Waals surface area contributed by atoms with Gasteiger partial charge in [0, 0.05) is 25.7 Å². The molecule has 13 heavy (non-hydrogen) atoms. The maximum atomic E-state index is 9.24. The smallest absolute Gasteiger partial charge is 0.0695 e. The van der Waals surface area contributed by atoms with Crippen molar-refractivity contribution in [1.82, 2.24) is 0 Å². The van der Waals surface area contributed by atoms with Crippen LogP contribution in [0, 0.1) is 22.7 Å². The molecule has 0 saturated carbocycles. The van der Waals surface area contributed by atoms with Gasteiger partial charge in [0.05, 0.1) is 18.1 Å². The molecular formula is C10H15NO2. The third kappa shape index (κ3) is 1.56. The molecule has 3 heteroatoms. The van der Waals surface area contributed by atoms with Crippen molar-refractivity contribution in [2.75, 3.05) is 26.4 Å². The third-order valence-electron chi connectivity index (χ3n) is 3.32. The maximum absolute atomic E-state index is 9.24. The Kier molecular flexibility index (Phi) is 2.52. The molecule has 2 heterocycles. The molecule has 2 fully saturated rings. The number of ether oxygens (including phenoxy) is 2. The van der Waals surface area contributed by atoms with E-state index in [9.17, 15) is 5.26 Å². The summed E-state index contributed by atoms with van der Waals surface area (Å²) in [6, 6.07) is 2.50. The van der Waals surface area contributed by atoms with Crippen LogP contribution in [0.2, 0.25) is 0 Å². The zero-order valence-corrected chi connectivity index (χ0v) is 7.79. The van der Waals surface area contributed by atoms with Crippen molar-refractivity contribution in [3.63, 3.8) is 0 Å². The van der Waals surface area contributed by atoms with Gasteiger partial charge in [0.15, 0.2) is 0 Å². The first-order valence-corrected chi connectivity index (χ1v) is 4.94. The summed E-state index contributed by atoms with van der Waals surface area (Å²) >= 11 is 0. The van der Waals surface area contributed by atoms with Gasteiger partial charge in [0.2, 0.25) is 0 Å². The summed E-state index contributed by atoms with van der Waals surface area (Å²) in [5.41, 5.74) is -0.144. The Morgan fingerprint density at radius 3 is 2.46 bits per heavy atom. The van der Waals surface area contributed by atoms with Crippen LogP contribution < -0.4 is 0 Å². The average Bonchev–Trinajstić information content (AvgIpc) is 2.72. The molecule has 0 spiro atoms. The fraction of sp³-hybridized carbons (Fsp3) is 0.900. The molecule has 2 rings (SSSR count). The molecule has 0 N–H and O–H groups in total. The second-order valence-electron chi connectivity index (χ2n) is 3.94. The molecule has 72 valence electrons. The van der Waals surface area contributed by atoms with Crippen LogP contribution >= 0.6 is 0 Å². The minimum Gasteiger partial charge on any atom is -0.381 e. The molecule has 0 aromatic carbocycles. The Hall–Kier alpha value is -0.590. The molecule has 3 nitrogen and oxygen atoms in total. The highest BCUT2D eigenvalue weighted by Crippen LogP contribution is 2.41. The molecule has 1 atom stereocenters. The van der Waals surface area contributed by atoms with Crippen molar-refractivity contribution in [3.05, 3.63) is 0 Å². The van der Waals surface area contributed by atoms with Gasteiger partial charge in [0.25, 0.3) is 0 Å². The molecule has 0 radical (unpaired) electrons. The lowest BCUT2D eigenvalue weighted by atomic mass is 9.71. The van der Waals surface area contributed by atoms with E-state index in [1.807, 2.05) is 0 Å². The van der Waals surface area contributed by atoms with Crippen LogP contribution in [0.3, 0.4) is 0 Å². The van der Waals surface area contributed by atoms with E-state index in [0.29, 0.717) is 5.92 Å². The lowest BCUT2D eigenvalue weighted by molar-refractivity contribution is 0.0103. The van der Waals surface area contributed by atoms with Crippen LogP contribution in [0.15, 0.2) is 0 Å². The number of nitrogens with zero attached hydrogens (tertiary/aromatic N) is 1. The van der Waals surface area contributed by atoms with Crippen molar-refractivity contribution in [2.45, 2.75) is 19.3 Å². The summed E-state index contributed by atoms with van der Waals surface area (Å²) in [7, 11) is 0. The topological polar surface area (TPSA) is 42.2 Å². The Morgan fingerprint density at radius 2 is 1.92 bits per heavy atom. The highest BCUT2D eigenvalue weighted by Gasteiger charge is 2.42. The van der Waals surface area contributed by atoms with Crippen molar-refractivity contribution in [2.24, 2.45) is 11.3 Å². The van der Waals surface area contributed by atoms with Crippen molar-refractivity contribution in [1.29, 1.82) is 5.26 Å². The number of hydrogen-bond donors (Lipinski definition) is 0. The zero-order valence-electron chi connectivity index (χ0n) is 7.79. The summed E-state index contributed by atoms with van der Waals surface area (Å²) in [5, 5.41) is 9.24. The lowest BCUT2D eigenvalue weighted by Gasteiger charge is -2.35. The van der Waals surface area contributed by atoms with E-state index in [-0.39, 0.29) is 5.41 Å². The Bertz CT molecular complexity index is 209. The van der Waals surface area contributed by atoms with E-state index >= 15 is 0 Å². The maximum Gasteiger partial charge on any atom is 0.0695 e.